The highest BCUT2D eigenvalue weighted by Crippen LogP contribution is 2.29. The van der Waals surface area contributed by atoms with Crippen LogP contribution in [0, 0.1) is 11.8 Å². The van der Waals surface area contributed by atoms with Crippen LogP contribution in [-0.4, -0.2) is 9.78 Å². The van der Waals surface area contributed by atoms with E-state index < -0.39 is 0 Å². The fourth-order valence-electron chi connectivity index (χ4n) is 2.59. The van der Waals surface area contributed by atoms with Crippen molar-refractivity contribution in [1.29, 1.82) is 0 Å². The summed E-state index contributed by atoms with van der Waals surface area (Å²) in [6, 6.07) is 0. The van der Waals surface area contributed by atoms with Gasteiger partial charge in [0.15, 0.2) is 0 Å². The summed E-state index contributed by atoms with van der Waals surface area (Å²) in [6.07, 6.45) is 11.4. The number of hydrogen-bond donors (Lipinski definition) is 0. The predicted molar refractivity (Wildman–Crippen MR) is 94.8 cm³/mol. The number of rotatable bonds is 3. The third-order valence-corrected chi connectivity index (χ3v) is 4.36. The number of hydrogen-bond acceptors (Lipinski definition) is 1. The van der Waals surface area contributed by atoms with Crippen LogP contribution in [0.15, 0.2) is 12.4 Å². The third-order valence-electron chi connectivity index (χ3n) is 4.36. The first-order chi connectivity index (χ1) is 10.1. The maximum atomic E-state index is 4.17. The molecule has 1 aliphatic rings. The predicted octanol–water partition coefficient (Wildman–Crippen LogP) is 6.28. The van der Waals surface area contributed by atoms with Crippen molar-refractivity contribution in [3.63, 3.8) is 0 Å². The Morgan fingerprint density at radius 3 is 2.05 bits per heavy atom. The highest BCUT2D eigenvalue weighted by atomic mass is 15.3. The molecule has 2 rings (SSSR count). The van der Waals surface area contributed by atoms with Gasteiger partial charge in [0.25, 0.3) is 0 Å². The van der Waals surface area contributed by atoms with Crippen LogP contribution in [0.2, 0.25) is 0 Å². The summed E-state index contributed by atoms with van der Waals surface area (Å²) in [4.78, 5) is 0. The second-order valence-electron chi connectivity index (χ2n) is 6.32. The lowest BCUT2D eigenvalue weighted by Gasteiger charge is -2.24. The van der Waals surface area contributed by atoms with Crippen molar-refractivity contribution in [2.45, 2.75) is 93.0 Å². The van der Waals surface area contributed by atoms with Crippen molar-refractivity contribution in [3.8, 4) is 0 Å². The zero-order valence-corrected chi connectivity index (χ0v) is 15.5. The molecule has 2 heteroatoms. The molecule has 21 heavy (non-hydrogen) atoms. The topological polar surface area (TPSA) is 17.8 Å². The monoisotopic (exact) mass is 294 g/mol. The van der Waals surface area contributed by atoms with Crippen LogP contribution in [0.25, 0.3) is 0 Å². The molecule has 0 aliphatic heterocycles. The Labute approximate surface area is 133 Å². The standard InChI is InChI=1S/C9H18.C8H14N2.C2H6/c1-3-9-6-4-8(2)5-7-9;1-4-10-6-8(5-9-10)7(2)3;1-2/h8-9H,3-7H2,1-2H3;5-7H,4H2,1-3H3;1-2H3. The van der Waals surface area contributed by atoms with Crippen LogP contribution in [0.3, 0.4) is 0 Å². The van der Waals surface area contributed by atoms with Crippen molar-refractivity contribution in [3.05, 3.63) is 18.0 Å². The van der Waals surface area contributed by atoms with E-state index in [0.717, 1.165) is 18.4 Å². The average molecular weight is 295 g/mol. The van der Waals surface area contributed by atoms with Gasteiger partial charge in [0.1, 0.15) is 0 Å². The fraction of sp³-hybridized carbons (Fsp3) is 0.842. The fourth-order valence-corrected chi connectivity index (χ4v) is 2.59. The van der Waals surface area contributed by atoms with Gasteiger partial charge in [-0.15, -0.1) is 0 Å². The lowest BCUT2D eigenvalue weighted by atomic mass is 9.82. The first kappa shape index (κ1) is 20.2. The van der Waals surface area contributed by atoms with Crippen molar-refractivity contribution in [1.82, 2.24) is 9.78 Å². The minimum Gasteiger partial charge on any atom is -0.273 e. The second kappa shape index (κ2) is 11.8. The van der Waals surface area contributed by atoms with E-state index in [9.17, 15) is 0 Å². The Morgan fingerprint density at radius 1 is 1.14 bits per heavy atom. The van der Waals surface area contributed by atoms with Gasteiger partial charge >= 0.3 is 0 Å². The van der Waals surface area contributed by atoms with Gasteiger partial charge in [-0.05, 0) is 30.2 Å². The summed E-state index contributed by atoms with van der Waals surface area (Å²) < 4.78 is 1.95. The molecule has 0 bridgehead atoms. The van der Waals surface area contributed by atoms with Gasteiger partial charge in [0, 0.05) is 12.7 Å². The van der Waals surface area contributed by atoms with E-state index in [1.54, 1.807) is 0 Å². The molecular weight excluding hydrogens is 256 g/mol. The molecule has 1 aliphatic carbocycles. The molecule has 124 valence electrons. The average Bonchev–Trinajstić information content (AvgIpc) is 3.00. The quantitative estimate of drug-likeness (QED) is 0.642. The lowest BCUT2D eigenvalue weighted by molar-refractivity contribution is 0.284. The molecule has 1 aromatic heterocycles. The van der Waals surface area contributed by atoms with Gasteiger partial charge < -0.3 is 0 Å². The second-order valence-corrected chi connectivity index (χ2v) is 6.32. The minimum atomic E-state index is 0.597. The smallest absolute Gasteiger partial charge is 0.0524 e. The zero-order chi connectivity index (χ0) is 16.3. The Hall–Kier alpha value is -0.790. The molecule has 0 atom stereocenters. The van der Waals surface area contributed by atoms with Crippen LogP contribution >= 0.6 is 0 Å². The SMILES string of the molecule is CC.CCC1CCC(C)CC1.CCn1cc(C(C)C)cn1. The highest BCUT2D eigenvalue weighted by Gasteiger charge is 2.15. The summed E-state index contributed by atoms with van der Waals surface area (Å²) in [6.45, 7) is 16.1. The van der Waals surface area contributed by atoms with Gasteiger partial charge in [0.2, 0.25) is 0 Å². The van der Waals surface area contributed by atoms with E-state index in [2.05, 4.69) is 45.9 Å². The normalized spacial score (nSPS) is 21.1. The Balaban J connectivity index is 0.000000342. The molecule has 0 amide bonds. The summed E-state index contributed by atoms with van der Waals surface area (Å²) in [5, 5.41) is 4.17. The van der Waals surface area contributed by atoms with E-state index in [-0.39, 0.29) is 0 Å². The minimum absolute atomic E-state index is 0.597. The van der Waals surface area contributed by atoms with Crippen molar-refractivity contribution in [2.24, 2.45) is 11.8 Å². The summed E-state index contributed by atoms with van der Waals surface area (Å²) in [7, 11) is 0. The van der Waals surface area contributed by atoms with Crippen LogP contribution in [-0.2, 0) is 6.54 Å². The van der Waals surface area contributed by atoms with Crippen molar-refractivity contribution < 1.29 is 0 Å². The molecule has 0 spiro atoms. The van der Waals surface area contributed by atoms with E-state index in [1.165, 1.54) is 37.7 Å². The van der Waals surface area contributed by atoms with E-state index in [0.29, 0.717) is 5.92 Å². The molecule has 1 heterocycles. The van der Waals surface area contributed by atoms with E-state index >= 15 is 0 Å². The van der Waals surface area contributed by atoms with E-state index in [1.807, 2.05) is 24.7 Å². The van der Waals surface area contributed by atoms with Crippen molar-refractivity contribution in [2.75, 3.05) is 0 Å². The molecule has 0 aromatic carbocycles. The summed E-state index contributed by atoms with van der Waals surface area (Å²) in [5.74, 6) is 2.69. The van der Waals surface area contributed by atoms with Crippen LogP contribution in [0.1, 0.15) is 92.1 Å². The molecule has 0 N–H and O–H groups in total. The van der Waals surface area contributed by atoms with Gasteiger partial charge in [-0.3, -0.25) is 4.68 Å². The first-order valence-electron chi connectivity index (χ1n) is 9.09. The highest BCUT2D eigenvalue weighted by molar-refractivity contribution is 5.08. The van der Waals surface area contributed by atoms with Gasteiger partial charge in [0.05, 0.1) is 6.20 Å². The molecular formula is C19H38N2. The third kappa shape index (κ3) is 8.28. The first-order valence-corrected chi connectivity index (χ1v) is 9.09. The largest absolute Gasteiger partial charge is 0.273 e. The molecule has 0 unspecified atom stereocenters. The summed E-state index contributed by atoms with van der Waals surface area (Å²) in [5.41, 5.74) is 1.32. The maximum absolute atomic E-state index is 4.17. The van der Waals surface area contributed by atoms with Crippen molar-refractivity contribution >= 4 is 0 Å². The Bertz CT molecular complexity index is 333. The molecule has 1 fully saturated rings. The molecule has 1 saturated carbocycles. The number of aromatic nitrogens is 2. The van der Waals surface area contributed by atoms with Crippen LogP contribution in [0.4, 0.5) is 0 Å². The van der Waals surface area contributed by atoms with Gasteiger partial charge in [-0.2, -0.15) is 5.10 Å². The molecule has 0 saturated heterocycles. The van der Waals surface area contributed by atoms with Crippen LogP contribution in [0.5, 0.6) is 0 Å². The Morgan fingerprint density at radius 2 is 1.71 bits per heavy atom. The van der Waals surface area contributed by atoms with E-state index in [4.69, 9.17) is 0 Å². The summed E-state index contributed by atoms with van der Waals surface area (Å²) >= 11 is 0. The zero-order valence-electron chi connectivity index (χ0n) is 15.5. The van der Waals surface area contributed by atoms with Gasteiger partial charge in [-0.1, -0.05) is 73.6 Å². The molecule has 2 nitrogen and oxygen atoms in total. The van der Waals surface area contributed by atoms with Crippen LogP contribution < -0.4 is 0 Å². The lowest BCUT2D eigenvalue weighted by Crippen LogP contribution is -2.10. The van der Waals surface area contributed by atoms with Gasteiger partial charge in [-0.25, -0.2) is 0 Å². The maximum Gasteiger partial charge on any atom is 0.0524 e. The number of nitrogens with zero attached hydrogens (tertiary/aromatic N) is 2. The number of aryl methyl sites for hydroxylation is 1. The molecule has 0 radical (unpaired) electrons. The Kier molecular flexibility index (Phi) is 11.4. The molecule has 1 aromatic rings.